The van der Waals surface area contributed by atoms with Gasteiger partial charge in [0.15, 0.2) is 0 Å². The molecule has 3 heterocycles. The van der Waals surface area contributed by atoms with Gasteiger partial charge in [-0.2, -0.15) is 0 Å². The molecule has 0 bridgehead atoms. The third kappa shape index (κ3) is 5.29. The zero-order chi connectivity index (χ0) is 22.0. The first-order valence-electron chi connectivity index (χ1n) is 11.9. The number of likely N-dealkylation sites (tertiary alicyclic amines) is 1. The number of morpholine rings is 1. The molecule has 0 aliphatic carbocycles. The highest BCUT2D eigenvalue weighted by molar-refractivity contribution is 5.80. The molecule has 1 aromatic rings. The maximum absolute atomic E-state index is 13.2. The molecule has 3 aliphatic heterocycles. The van der Waals surface area contributed by atoms with Gasteiger partial charge >= 0.3 is 0 Å². The molecule has 0 aromatic heterocycles. The van der Waals surface area contributed by atoms with Gasteiger partial charge in [-0.15, -0.1) is 0 Å². The van der Waals surface area contributed by atoms with E-state index in [9.17, 15) is 9.59 Å². The second kappa shape index (κ2) is 9.70. The third-order valence-electron chi connectivity index (χ3n) is 7.16. The number of amides is 2. The van der Waals surface area contributed by atoms with Gasteiger partial charge in [-0.3, -0.25) is 14.5 Å². The summed E-state index contributed by atoms with van der Waals surface area (Å²) in [7, 11) is 0. The van der Waals surface area contributed by atoms with Crippen LogP contribution in [0.3, 0.4) is 0 Å². The minimum atomic E-state index is -0.135. The Labute approximate surface area is 186 Å². The predicted molar refractivity (Wildman–Crippen MR) is 121 cm³/mol. The number of rotatable bonds is 4. The molecule has 0 spiro atoms. The smallest absolute Gasteiger partial charge is 0.224 e. The SMILES string of the molecule is CC(=O)N1CCc2ccccc2C1CC(=O)N1CCC(CN2CC(C)OC(C)C2)CC1. The first kappa shape index (κ1) is 22.3. The summed E-state index contributed by atoms with van der Waals surface area (Å²) in [6, 6.07) is 8.13. The number of hydrogen-bond donors (Lipinski definition) is 0. The Hall–Kier alpha value is -1.92. The van der Waals surface area contributed by atoms with Crippen molar-refractivity contribution in [3.05, 3.63) is 35.4 Å². The van der Waals surface area contributed by atoms with Crippen LogP contribution in [-0.4, -0.2) is 78.0 Å². The zero-order valence-corrected chi connectivity index (χ0v) is 19.3. The monoisotopic (exact) mass is 427 g/mol. The molecule has 2 fully saturated rings. The molecule has 2 amide bonds. The van der Waals surface area contributed by atoms with Crippen molar-refractivity contribution in [2.75, 3.05) is 39.3 Å². The van der Waals surface area contributed by atoms with Crippen LogP contribution >= 0.6 is 0 Å². The summed E-state index contributed by atoms with van der Waals surface area (Å²) < 4.78 is 5.85. The fourth-order valence-corrected chi connectivity index (χ4v) is 5.71. The predicted octanol–water partition coefficient (Wildman–Crippen LogP) is 2.87. The molecule has 2 saturated heterocycles. The van der Waals surface area contributed by atoms with E-state index in [1.807, 2.05) is 21.9 Å². The van der Waals surface area contributed by atoms with Gasteiger partial charge in [0.05, 0.1) is 24.7 Å². The van der Waals surface area contributed by atoms with Crippen LogP contribution in [0.15, 0.2) is 24.3 Å². The van der Waals surface area contributed by atoms with Crippen LogP contribution in [-0.2, 0) is 20.7 Å². The van der Waals surface area contributed by atoms with Gasteiger partial charge in [-0.1, -0.05) is 24.3 Å². The Bertz CT molecular complexity index is 780. The molecular weight excluding hydrogens is 390 g/mol. The molecule has 6 heteroatoms. The molecule has 3 aliphatic rings. The summed E-state index contributed by atoms with van der Waals surface area (Å²) in [5, 5.41) is 0. The summed E-state index contributed by atoms with van der Waals surface area (Å²) >= 11 is 0. The standard InChI is InChI=1S/C25H37N3O3/c1-18-15-26(16-19(2)31-18)17-21-8-11-27(12-9-21)25(30)14-24-23-7-5-4-6-22(23)10-13-28(24)20(3)29/h4-7,18-19,21,24H,8-17H2,1-3H3. The highest BCUT2D eigenvalue weighted by Gasteiger charge is 2.33. The lowest BCUT2D eigenvalue weighted by Gasteiger charge is -2.40. The molecule has 0 saturated carbocycles. The van der Waals surface area contributed by atoms with Crippen molar-refractivity contribution in [1.29, 1.82) is 0 Å². The quantitative estimate of drug-likeness (QED) is 0.742. The first-order valence-corrected chi connectivity index (χ1v) is 11.9. The van der Waals surface area contributed by atoms with Crippen molar-refractivity contribution in [1.82, 2.24) is 14.7 Å². The van der Waals surface area contributed by atoms with E-state index in [0.717, 1.165) is 57.5 Å². The Kier molecular flexibility index (Phi) is 6.97. The van der Waals surface area contributed by atoms with E-state index in [4.69, 9.17) is 4.74 Å². The molecule has 31 heavy (non-hydrogen) atoms. The maximum Gasteiger partial charge on any atom is 0.224 e. The van der Waals surface area contributed by atoms with Gasteiger partial charge in [0, 0.05) is 46.2 Å². The van der Waals surface area contributed by atoms with Crippen molar-refractivity contribution < 1.29 is 14.3 Å². The van der Waals surface area contributed by atoms with Gasteiger partial charge in [0.1, 0.15) is 0 Å². The lowest BCUT2D eigenvalue weighted by molar-refractivity contribution is -0.137. The van der Waals surface area contributed by atoms with Crippen LogP contribution in [0.1, 0.15) is 57.2 Å². The number of carbonyl (C=O) groups excluding carboxylic acids is 2. The Morgan fingerprint density at radius 2 is 1.71 bits per heavy atom. The molecular formula is C25H37N3O3. The fraction of sp³-hybridized carbons (Fsp3) is 0.680. The van der Waals surface area contributed by atoms with Crippen LogP contribution in [0.4, 0.5) is 0 Å². The number of nitrogens with zero attached hydrogens (tertiary/aromatic N) is 3. The van der Waals surface area contributed by atoms with Crippen LogP contribution in [0.25, 0.3) is 0 Å². The van der Waals surface area contributed by atoms with Crippen molar-refractivity contribution in [2.45, 2.75) is 64.7 Å². The average Bonchev–Trinajstić information content (AvgIpc) is 2.73. The van der Waals surface area contributed by atoms with E-state index in [-0.39, 0.29) is 17.9 Å². The molecule has 3 unspecified atom stereocenters. The third-order valence-corrected chi connectivity index (χ3v) is 7.16. The molecule has 0 N–H and O–H groups in total. The zero-order valence-electron chi connectivity index (χ0n) is 19.3. The van der Waals surface area contributed by atoms with Gasteiger partial charge in [0.2, 0.25) is 11.8 Å². The topological polar surface area (TPSA) is 53.1 Å². The molecule has 170 valence electrons. The molecule has 6 nitrogen and oxygen atoms in total. The van der Waals surface area contributed by atoms with Gasteiger partial charge in [-0.25, -0.2) is 0 Å². The summed E-state index contributed by atoms with van der Waals surface area (Å²) in [5.41, 5.74) is 2.41. The second-order valence-corrected chi connectivity index (χ2v) is 9.68. The summed E-state index contributed by atoms with van der Waals surface area (Å²) in [5.74, 6) is 0.880. The first-order chi connectivity index (χ1) is 14.9. The van der Waals surface area contributed by atoms with E-state index >= 15 is 0 Å². The number of ether oxygens (including phenoxy) is 1. The highest BCUT2D eigenvalue weighted by Crippen LogP contribution is 2.33. The van der Waals surface area contributed by atoms with E-state index in [1.165, 1.54) is 5.56 Å². The second-order valence-electron chi connectivity index (χ2n) is 9.68. The van der Waals surface area contributed by atoms with Gasteiger partial charge < -0.3 is 14.5 Å². The lowest BCUT2D eigenvalue weighted by atomic mass is 9.89. The van der Waals surface area contributed by atoms with E-state index < -0.39 is 0 Å². The number of hydrogen-bond acceptors (Lipinski definition) is 4. The number of benzene rings is 1. The lowest BCUT2D eigenvalue weighted by Crippen LogP contribution is -2.49. The molecule has 4 rings (SSSR count). The Morgan fingerprint density at radius 3 is 2.39 bits per heavy atom. The molecule has 1 aromatic carbocycles. The van der Waals surface area contributed by atoms with E-state index in [0.29, 0.717) is 31.1 Å². The fourth-order valence-electron chi connectivity index (χ4n) is 5.71. The Balaban J connectivity index is 1.33. The van der Waals surface area contributed by atoms with Crippen LogP contribution in [0, 0.1) is 5.92 Å². The largest absolute Gasteiger partial charge is 0.373 e. The van der Waals surface area contributed by atoms with Gasteiger partial charge in [0.25, 0.3) is 0 Å². The summed E-state index contributed by atoms with van der Waals surface area (Å²) in [4.78, 5) is 31.9. The summed E-state index contributed by atoms with van der Waals surface area (Å²) in [6.07, 6.45) is 3.97. The van der Waals surface area contributed by atoms with Crippen molar-refractivity contribution in [3.8, 4) is 0 Å². The molecule has 3 atom stereocenters. The number of piperidine rings is 1. The summed E-state index contributed by atoms with van der Waals surface area (Å²) in [6.45, 7) is 11.4. The van der Waals surface area contributed by atoms with Crippen molar-refractivity contribution in [3.63, 3.8) is 0 Å². The number of carbonyl (C=O) groups is 2. The minimum absolute atomic E-state index is 0.0555. The highest BCUT2D eigenvalue weighted by atomic mass is 16.5. The minimum Gasteiger partial charge on any atom is -0.373 e. The number of fused-ring (bicyclic) bond motifs is 1. The molecule has 0 radical (unpaired) electrons. The van der Waals surface area contributed by atoms with E-state index in [1.54, 1.807) is 6.92 Å². The van der Waals surface area contributed by atoms with Crippen LogP contribution < -0.4 is 0 Å². The van der Waals surface area contributed by atoms with Crippen molar-refractivity contribution in [2.24, 2.45) is 5.92 Å². The maximum atomic E-state index is 13.2. The average molecular weight is 428 g/mol. The Morgan fingerprint density at radius 1 is 1.03 bits per heavy atom. The van der Waals surface area contributed by atoms with E-state index in [2.05, 4.69) is 30.9 Å². The van der Waals surface area contributed by atoms with Crippen LogP contribution in [0.5, 0.6) is 0 Å². The van der Waals surface area contributed by atoms with Crippen LogP contribution in [0.2, 0.25) is 0 Å². The van der Waals surface area contributed by atoms with Crippen molar-refractivity contribution >= 4 is 11.8 Å². The van der Waals surface area contributed by atoms with Gasteiger partial charge in [-0.05, 0) is 50.2 Å². The normalized spacial score (nSPS) is 27.8.